The second kappa shape index (κ2) is 9.25. The summed E-state index contributed by atoms with van der Waals surface area (Å²) >= 11 is 0. The smallest absolute Gasteiger partial charge is 0.407 e. The maximum absolute atomic E-state index is 12.7. The number of benzene rings is 2. The molecule has 2 aliphatic rings. The van der Waals surface area contributed by atoms with E-state index in [0.29, 0.717) is 12.8 Å². The summed E-state index contributed by atoms with van der Waals surface area (Å²) in [6.45, 7) is 3.69. The SMILES string of the molecule is CC(C)[C@H](NC(=O)CC1(NC(=O)OCC2c3ccccc3-c3ccccc32)CCC1)C(=O)O. The molecular weight excluding hydrogens is 420 g/mol. The number of amides is 2. The van der Waals surface area contributed by atoms with Gasteiger partial charge in [-0.05, 0) is 47.4 Å². The van der Waals surface area contributed by atoms with Crippen LogP contribution < -0.4 is 10.6 Å². The molecule has 7 nitrogen and oxygen atoms in total. The lowest BCUT2D eigenvalue weighted by Crippen LogP contribution is -2.57. The second-order valence-electron chi connectivity index (χ2n) is 9.39. The highest BCUT2D eigenvalue weighted by molar-refractivity contribution is 5.85. The van der Waals surface area contributed by atoms with E-state index in [1.165, 1.54) is 0 Å². The monoisotopic (exact) mass is 450 g/mol. The van der Waals surface area contributed by atoms with E-state index in [-0.39, 0.29) is 30.8 Å². The molecule has 2 aromatic rings. The quantitative estimate of drug-likeness (QED) is 0.563. The van der Waals surface area contributed by atoms with E-state index < -0.39 is 23.6 Å². The number of ether oxygens (including phenoxy) is 1. The number of carbonyl (C=O) groups is 3. The van der Waals surface area contributed by atoms with E-state index in [1.807, 2.05) is 24.3 Å². The summed E-state index contributed by atoms with van der Waals surface area (Å²) in [4.78, 5) is 36.6. The lowest BCUT2D eigenvalue weighted by atomic mass is 9.74. The van der Waals surface area contributed by atoms with Crippen molar-refractivity contribution in [2.24, 2.45) is 5.92 Å². The van der Waals surface area contributed by atoms with Crippen LogP contribution in [0.5, 0.6) is 0 Å². The number of carbonyl (C=O) groups excluding carboxylic acids is 2. The van der Waals surface area contributed by atoms with Crippen LogP contribution in [0, 0.1) is 5.92 Å². The zero-order valence-electron chi connectivity index (χ0n) is 19.0. The van der Waals surface area contributed by atoms with Crippen LogP contribution in [0.2, 0.25) is 0 Å². The first-order chi connectivity index (χ1) is 15.8. The average Bonchev–Trinajstić information content (AvgIpc) is 3.08. The second-order valence-corrected chi connectivity index (χ2v) is 9.39. The lowest BCUT2D eigenvalue weighted by Gasteiger charge is -2.41. The number of hydrogen-bond acceptors (Lipinski definition) is 4. The Morgan fingerprint density at radius 1 is 1.03 bits per heavy atom. The van der Waals surface area contributed by atoms with Gasteiger partial charge < -0.3 is 20.5 Å². The van der Waals surface area contributed by atoms with Gasteiger partial charge in [0.15, 0.2) is 0 Å². The maximum Gasteiger partial charge on any atom is 0.407 e. The van der Waals surface area contributed by atoms with Gasteiger partial charge in [0.2, 0.25) is 5.91 Å². The molecule has 0 spiro atoms. The fourth-order valence-corrected chi connectivity index (χ4v) is 4.85. The summed E-state index contributed by atoms with van der Waals surface area (Å²) in [6, 6.07) is 15.3. The normalized spacial score (nSPS) is 16.8. The number of carboxylic acid groups (broad SMARTS) is 1. The molecule has 33 heavy (non-hydrogen) atoms. The third-order valence-corrected chi connectivity index (χ3v) is 6.77. The Kier molecular flexibility index (Phi) is 6.40. The van der Waals surface area contributed by atoms with Crippen molar-refractivity contribution in [1.29, 1.82) is 0 Å². The van der Waals surface area contributed by atoms with E-state index in [9.17, 15) is 19.5 Å². The highest BCUT2D eigenvalue weighted by Gasteiger charge is 2.42. The zero-order valence-corrected chi connectivity index (χ0v) is 19.0. The third-order valence-electron chi connectivity index (χ3n) is 6.77. The minimum atomic E-state index is -1.06. The highest BCUT2D eigenvalue weighted by atomic mass is 16.5. The van der Waals surface area contributed by atoms with Crippen LogP contribution in [0.15, 0.2) is 48.5 Å². The molecule has 1 saturated carbocycles. The molecule has 0 unspecified atom stereocenters. The summed E-state index contributed by atoms with van der Waals surface area (Å²) < 4.78 is 5.63. The number of aliphatic carboxylic acids is 1. The van der Waals surface area contributed by atoms with Gasteiger partial charge in [0.05, 0.1) is 5.54 Å². The average molecular weight is 451 g/mol. The van der Waals surface area contributed by atoms with Gasteiger partial charge in [-0.1, -0.05) is 62.4 Å². The first kappa shape index (κ1) is 22.8. The van der Waals surface area contributed by atoms with Gasteiger partial charge in [-0.2, -0.15) is 0 Å². The van der Waals surface area contributed by atoms with Gasteiger partial charge in [-0.25, -0.2) is 9.59 Å². The van der Waals surface area contributed by atoms with Crippen molar-refractivity contribution < 1.29 is 24.2 Å². The van der Waals surface area contributed by atoms with Crippen LogP contribution in [-0.4, -0.2) is 41.3 Å². The summed E-state index contributed by atoms with van der Waals surface area (Å²) in [5.41, 5.74) is 3.90. The molecule has 1 fully saturated rings. The van der Waals surface area contributed by atoms with E-state index in [4.69, 9.17) is 4.74 Å². The molecule has 0 saturated heterocycles. The molecule has 0 radical (unpaired) electrons. The van der Waals surface area contributed by atoms with Gasteiger partial charge >= 0.3 is 12.1 Å². The molecule has 0 aliphatic heterocycles. The number of alkyl carbamates (subject to hydrolysis) is 1. The molecule has 0 aromatic heterocycles. The predicted molar refractivity (Wildman–Crippen MR) is 124 cm³/mol. The first-order valence-electron chi connectivity index (χ1n) is 11.4. The fourth-order valence-electron chi connectivity index (χ4n) is 4.85. The number of nitrogens with one attached hydrogen (secondary N) is 2. The zero-order chi connectivity index (χ0) is 23.6. The van der Waals surface area contributed by atoms with Crippen LogP contribution >= 0.6 is 0 Å². The van der Waals surface area contributed by atoms with Crippen molar-refractivity contribution in [2.75, 3.05) is 6.61 Å². The molecule has 2 amide bonds. The Hall–Kier alpha value is -3.35. The summed E-state index contributed by atoms with van der Waals surface area (Å²) in [5.74, 6) is -1.72. The van der Waals surface area contributed by atoms with Crippen LogP contribution in [0.1, 0.15) is 56.6 Å². The van der Waals surface area contributed by atoms with Crippen molar-refractivity contribution in [1.82, 2.24) is 10.6 Å². The van der Waals surface area contributed by atoms with Gasteiger partial charge in [0.25, 0.3) is 0 Å². The Morgan fingerprint density at radius 3 is 2.09 bits per heavy atom. The Morgan fingerprint density at radius 2 is 1.61 bits per heavy atom. The van der Waals surface area contributed by atoms with E-state index in [1.54, 1.807) is 13.8 Å². The van der Waals surface area contributed by atoms with Crippen molar-refractivity contribution >= 4 is 18.0 Å². The number of carboxylic acids is 1. The van der Waals surface area contributed by atoms with Crippen molar-refractivity contribution in [2.45, 2.75) is 57.0 Å². The number of rotatable bonds is 8. The molecule has 3 N–H and O–H groups in total. The van der Waals surface area contributed by atoms with Crippen LogP contribution in [0.4, 0.5) is 4.79 Å². The molecular formula is C26H30N2O5. The van der Waals surface area contributed by atoms with Crippen LogP contribution in [-0.2, 0) is 14.3 Å². The van der Waals surface area contributed by atoms with E-state index >= 15 is 0 Å². The Bertz CT molecular complexity index is 1010. The minimum absolute atomic E-state index is 0.0354. The molecule has 2 aliphatic carbocycles. The van der Waals surface area contributed by atoms with E-state index in [2.05, 4.69) is 34.9 Å². The molecule has 7 heteroatoms. The Labute approximate surface area is 193 Å². The summed E-state index contributed by atoms with van der Waals surface area (Å²) in [5, 5.41) is 14.8. The number of hydrogen-bond donors (Lipinski definition) is 3. The topological polar surface area (TPSA) is 105 Å². The summed E-state index contributed by atoms with van der Waals surface area (Å²) in [6.07, 6.45) is 1.69. The lowest BCUT2D eigenvalue weighted by molar-refractivity contribution is -0.143. The Balaban J connectivity index is 1.37. The van der Waals surface area contributed by atoms with Crippen LogP contribution in [0.3, 0.4) is 0 Å². The van der Waals surface area contributed by atoms with Gasteiger partial charge in [0, 0.05) is 12.3 Å². The minimum Gasteiger partial charge on any atom is -0.480 e. The van der Waals surface area contributed by atoms with Gasteiger partial charge in [0.1, 0.15) is 12.6 Å². The standard InChI is InChI=1S/C26H30N2O5/c1-16(2)23(24(30)31)27-22(29)14-26(12-7-13-26)28-25(32)33-15-21-19-10-5-3-8-17(19)18-9-4-6-11-20(18)21/h3-6,8-11,16,21,23H,7,12-15H2,1-2H3,(H,27,29)(H,28,32)(H,30,31)/t23-/m0/s1. The van der Waals surface area contributed by atoms with Gasteiger partial charge in [-0.15, -0.1) is 0 Å². The molecule has 2 aromatic carbocycles. The van der Waals surface area contributed by atoms with E-state index in [0.717, 1.165) is 28.7 Å². The molecule has 1 atom stereocenters. The van der Waals surface area contributed by atoms with Crippen molar-refractivity contribution in [3.8, 4) is 11.1 Å². The molecule has 0 heterocycles. The fraction of sp³-hybridized carbons (Fsp3) is 0.423. The molecule has 0 bridgehead atoms. The van der Waals surface area contributed by atoms with Crippen LogP contribution in [0.25, 0.3) is 11.1 Å². The summed E-state index contributed by atoms with van der Waals surface area (Å²) in [7, 11) is 0. The predicted octanol–water partition coefficient (Wildman–Crippen LogP) is 4.06. The van der Waals surface area contributed by atoms with Crippen molar-refractivity contribution in [3.63, 3.8) is 0 Å². The van der Waals surface area contributed by atoms with Gasteiger partial charge in [-0.3, -0.25) is 4.79 Å². The highest BCUT2D eigenvalue weighted by Crippen LogP contribution is 2.44. The van der Waals surface area contributed by atoms with Crippen molar-refractivity contribution in [3.05, 3.63) is 59.7 Å². The maximum atomic E-state index is 12.7. The molecule has 4 rings (SSSR count). The first-order valence-corrected chi connectivity index (χ1v) is 11.4. The molecule has 174 valence electrons. The largest absolute Gasteiger partial charge is 0.480 e. The number of fused-ring (bicyclic) bond motifs is 3. The third kappa shape index (κ3) is 4.72.